The van der Waals surface area contributed by atoms with Crippen molar-refractivity contribution in [3.05, 3.63) is 42.5 Å². The van der Waals surface area contributed by atoms with Gasteiger partial charge in [-0.2, -0.15) is 8.42 Å². The maximum absolute atomic E-state index is 12.1. The zero-order valence-electron chi connectivity index (χ0n) is 20.3. The first-order valence-electron chi connectivity index (χ1n) is 11.2. The van der Waals surface area contributed by atoms with E-state index in [0.29, 0.717) is 11.2 Å². The molecule has 2 heterocycles. The molecule has 200 valence electrons. The molecule has 4 rings (SSSR count). The summed E-state index contributed by atoms with van der Waals surface area (Å²) in [7, 11) is -6.94. The van der Waals surface area contributed by atoms with Crippen LogP contribution >= 0.6 is 11.8 Å². The zero-order valence-corrected chi connectivity index (χ0v) is 22.7. The van der Waals surface area contributed by atoms with E-state index in [9.17, 15) is 21.6 Å². The Kier molecular flexibility index (Phi) is 10.3. The smallest absolute Gasteiger partial charge is 0.261 e. The number of fused-ring (bicyclic) bond motifs is 2. The van der Waals surface area contributed by atoms with Crippen LogP contribution in [0.4, 0.5) is 11.4 Å². The molecule has 5 N–H and O–H groups in total. The summed E-state index contributed by atoms with van der Waals surface area (Å²) in [6, 6.07) is 13.6. The number of benzene rings is 2. The summed E-state index contributed by atoms with van der Waals surface area (Å²) in [6.07, 6.45) is 4.58. The first-order valence-corrected chi connectivity index (χ1v) is 15.7. The number of likely N-dealkylation sites (tertiary alicyclic amines) is 1. The van der Waals surface area contributed by atoms with E-state index in [1.54, 1.807) is 23.9 Å². The molecule has 2 aromatic carbocycles. The van der Waals surface area contributed by atoms with Gasteiger partial charge in [0.15, 0.2) is 9.84 Å². The topological polar surface area (TPSA) is 170 Å². The highest BCUT2D eigenvalue weighted by Crippen LogP contribution is 2.48. The number of carbonyl (C=O) groups is 1. The number of hydrogen-bond donors (Lipinski definition) is 2. The van der Waals surface area contributed by atoms with E-state index in [-0.39, 0.29) is 17.3 Å². The van der Waals surface area contributed by atoms with Crippen LogP contribution in [-0.2, 0) is 24.7 Å². The monoisotopic (exact) mass is 559 g/mol. The van der Waals surface area contributed by atoms with Crippen LogP contribution in [0.3, 0.4) is 0 Å². The summed E-state index contributed by atoms with van der Waals surface area (Å²) in [5.74, 6) is -0.177. The van der Waals surface area contributed by atoms with Gasteiger partial charge in [-0.25, -0.2) is 8.42 Å². The fourth-order valence-electron chi connectivity index (χ4n) is 4.17. The maximum atomic E-state index is 12.1. The highest BCUT2D eigenvalue weighted by Gasteiger charge is 2.26. The minimum absolute atomic E-state index is 0. The number of rotatable bonds is 6. The number of hydrogen-bond acceptors (Lipinski definition) is 8. The minimum atomic E-state index is -3.67. The van der Waals surface area contributed by atoms with Gasteiger partial charge in [-0.1, -0.05) is 23.9 Å². The highest BCUT2D eigenvalue weighted by atomic mass is 32.2. The van der Waals surface area contributed by atoms with Gasteiger partial charge in [-0.15, -0.1) is 0 Å². The van der Waals surface area contributed by atoms with Crippen molar-refractivity contribution in [1.82, 2.24) is 4.90 Å². The Morgan fingerprint density at radius 3 is 2.17 bits per heavy atom. The lowest BCUT2D eigenvalue weighted by atomic mass is 9.96. The molecule has 0 radical (unpaired) electrons. The predicted molar refractivity (Wildman–Crippen MR) is 141 cm³/mol. The number of amides is 1. The summed E-state index contributed by atoms with van der Waals surface area (Å²) < 4.78 is 50.1. The second-order valence-electron chi connectivity index (χ2n) is 8.73. The average Bonchev–Trinajstić information content (AvgIpc) is 2.77. The van der Waals surface area contributed by atoms with Crippen molar-refractivity contribution in [2.45, 2.75) is 33.9 Å². The first kappa shape index (κ1) is 30.1. The normalized spacial score (nSPS) is 16.1. The SMILES string of the molecule is CS(=O)(=O)O.CS(=O)(=O)c1ccc2c(c1)N(CCCN1CCC(C(N)=O)CC1)c1ccccc1S2.O. The summed E-state index contributed by atoms with van der Waals surface area (Å²) in [5.41, 5.74) is 7.51. The van der Waals surface area contributed by atoms with Gasteiger partial charge >= 0.3 is 0 Å². The number of nitrogens with zero attached hydrogens (tertiary/aromatic N) is 2. The standard InChI is InChI=1S/C22H27N3O3S2.CH4O3S.H2O/c1-30(27,28)17-7-8-21-19(15-17)25(18-5-2-3-6-20(18)29-21)12-4-11-24-13-9-16(10-14-24)22(23)26;1-5(2,3)4;/h2-3,5-8,15-16H,4,9-14H2,1H3,(H2,23,26);1H3,(H,2,3,4);1H2. The summed E-state index contributed by atoms with van der Waals surface area (Å²) in [4.78, 5) is 18.6. The maximum Gasteiger partial charge on any atom is 0.261 e. The number of piperidine rings is 1. The Labute approximate surface area is 216 Å². The zero-order chi connectivity index (χ0) is 25.8. The van der Waals surface area contributed by atoms with Crippen LogP contribution in [0.5, 0.6) is 0 Å². The van der Waals surface area contributed by atoms with Crippen molar-refractivity contribution in [3.8, 4) is 0 Å². The Morgan fingerprint density at radius 2 is 1.58 bits per heavy atom. The van der Waals surface area contributed by atoms with Crippen molar-refractivity contribution in [1.29, 1.82) is 0 Å². The highest BCUT2D eigenvalue weighted by molar-refractivity contribution is 7.99. The van der Waals surface area contributed by atoms with Gasteiger partial charge in [0.25, 0.3) is 10.1 Å². The molecule has 1 saturated heterocycles. The van der Waals surface area contributed by atoms with E-state index >= 15 is 0 Å². The van der Waals surface area contributed by atoms with Crippen LogP contribution in [0.25, 0.3) is 0 Å². The van der Waals surface area contributed by atoms with Crippen LogP contribution in [-0.4, -0.2) is 76.4 Å². The molecule has 1 amide bonds. The van der Waals surface area contributed by atoms with Crippen LogP contribution in [0.1, 0.15) is 19.3 Å². The van der Waals surface area contributed by atoms with Gasteiger partial charge in [0, 0.05) is 28.5 Å². The van der Waals surface area contributed by atoms with E-state index < -0.39 is 20.0 Å². The number of primary amides is 1. The molecule has 0 unspecified atom stereocenters. The lowest BCUT2D eigenvalue weighted by molar-refractivity contribution is -0.123. The second kappa shape index (κ2) is 12.4. The Balaban J connectivity index is 0.000000694. The molecule has 0 aromatic heterocycles. The molecular formula is C23H33N3O7S3. The molecule has 13 heteroatoms. The average molecular weight is 560 g/mol. The fraction of sp³-hybridized carbons (Fsp3) is 0.435. The lowest BCUT2D eigenvalue weighted by Crippen LogP contribution is -2.39. The van der Waals surface area contributed by atoms with Gasteiger partial charge in [-0.05, 0) is 69.2 Å². The van der Waals surface area contributed by atoms with E-state index in [4.69, 9.17) is 10.3 Å². The summed E-state index contributed by atoms with van der Waals surface area (Å²) in [6.45, 7) is 3.54. The van der Waals surface area contributed by atoms with Crippen LogP contribution in [0.2, 0.25) is 0 Å². The minimum Gasteiger partial charge on any atom is -0.412 e. The van der Waals surface area contributed by atoms with E-state index in [2.05, 4.69) is 21.9 Å². The molecular weight excluding hydrogens is 526 g/mol. The second-order valence-corrected chi connectivity index (χ2v) is 13.3. The molecule has 0 aliphatic carbocycles. The molecule has 1 fully saturated rings. The largest absolute Gasteiger partial charge is 0.412 e. The number of carbonyl (C=O) groups excluding carboxylic acids is 1. The van der Waals surface area contributed by atoms with Crippen molar-refractivity contribution in [2.75, 3.05) is 43.6 Å². The van der Waals surface area contributed by atoms with Gasteiger partial charge in [0.1, 0.15) is 0 Å². The van der Waals surface area contributed by atoms with Crippen LogP contribution in [0.15, 0.2) is 57.2 Å². The van der Waals surface area contributed by atoms with E-state index in [1.165, 1.54) is 11.2 Å². The number of sulfone groups is 1. The lowest BCUT2D eigenvalue weighted by Gasteiger charge is -2.35. The Hall–Kier alpha value is -2.16. The molecule has 2 aromatic rings. The van der Waals surface area contributed by atoms with E-state index in [0.717, 1.165) is 61.7 Å². The van der Waals surface area contributed by atoms with Gasteiger partial charge in [-0.3, -0.25) is 9.35 Å². The number of anilines is 2. The van der Waals surface area contributed by atoms with Gasteiger partial charge in [0.2, 0.25) is 5.91 Å². The van der Waals surface area contributed by atoms with Crippen molar-refractivity contribution < 1.29 is 31.7 Å². The molecule has 0 saturated carbocycles. The molecule has 2 aliphatic rings. The molecule has 36 heavy (non-hydrogen) atoms. The summed E-state index contributed by atoms with van der Waals surface area (Å²) in [5, 5.41) is 0. The Bertz CT molecular complexity index is 1270. The molecule has 0 spiro atoms. The third-order valence-corrected chi connectivity index (χ3v) is 8.11. The summed E-state index contributed by atoms with van der Waals surface area (Å²) >= 11 is 1.68. The number of nitrogens with two attached hydrogens (primary N) is 1. The van der Waals surface area contributed by atoms with Crippen molar-refractivity contribution in [2.24, 2.45) is 11.7 Å². The van der Waals surface area contributed by atoms with Crippen LogP contribution < -0.4 is 10.6 Å². The first-order chi connectivity index (χ1) is 16.3. The predicted octanol–water partition coefficient (Wildman–Crippen LogP) is 1.96. The van der Waals surface area contributed by atoms with Gasteiger partial charge in [0.05, 0.1) is 22.5 Å². The van der Waals surface area contributed by atoms with Crippen molar-refractivity contribution in [3.63, 3.8) is 0 Å². The molecule has 0 atom stereocenters. The number of para-hydroxylation sites is 1. The van der Waals surface area contributed by atoms with E-state index in [1.807, 2.05) is 18.2 Å². The molecule has 0 bridgehead atoms. The Morgan fingerprint density at radius 1 is 1.00 bits per heavy atom. The van der Waals surface area contributed by atoms with Gasteiger partial charge < -0.3 is 21.0 Å². The van der Waals surface area contributed by atoms with Crippen LogP contribution in [0, 0.1) is 5.92 Å². The molecule has 10 nitrogen and oxygen atoms in total. The van der Waals surface area contributed by atoms with Crippen molar-refractivity contribution >= 4 is 49.0 Å². The molecule has 2 aliphatic heterocycles. The third-order valence-electron chi connectivity index (χ3n) is 5.87. The quantitative estimate of drug-likeness (QED) is 0.502. The fourth-order valence-corrected chi connectivity index (χ4v) is 5.89. The third kappa shape index (κ3) is 8.46.